The fourth-order valence-corrected chi connectivity index (χ4v) is 1.33. The summed E-state index contributed by atoms with van der Waals surface area (Å²) < 4.78 is 12.9. The molecule has 0 aromatic heterocycles. The van der Waals surface area contributed by atoms with E-state index in [-0.39, 0.29) is 5.82 Å². The van der Waals surface area contributed by atoms with Crippen molar-refractivity contribution >= 4 is 12.6 Å². The maximum Gasteiger partial charge on any atom is 0.126 e. The minimum absolute atomic E-state index is 0.133. The third-order valence-corrected chi connectivity index (χ3v) is 2.15. The quantitative estimate of drug-likeness (QED) is 0.430. The number of rotatable bonds is 4. The van der Waals surface area contributed by atoms with Crippen LogP contribution in [0.25, 0.3) is 0 Å². The number of thiol groups is 1. The molecule has 0 unspecified atom stereocenters. The summed E-state index contributed by atoms with van der Waals surface area (Å²) in [7, 11) is 0. The van der Waals surface area contributed by atoms with Crippen molar-refractivity contribution in [2.75, 3.05) is 12.4 Å². The van der Waals surface area contributed by atoms with Crippen molar-refractivity contribution in [3.63, 3.8) is 0 Å². The average Bonchev–Trinajstić information content (AvgIpc) is 2.12. The molecule has 3 heteroatoms. The zero-order valence-electron chi connectivity index (χ0n) is 7.68. The van der Waals surface area contributed by atoms with Crippen molar-refractivity contribution < 1.29 is 4.39 Å². The van der Waals surface area contributed by atoms with E-state index in [0.717, 1.165) is 18.5 Å². The lowest BCUT2D eigenvalue weighted by molar-refractivity contribution is 0.617. The zero-order chi connectivity index (χ0) is 9.68. The Kier molecular flexibility index (Phi) is 4.25. The number of benzene rings is 1. The maximum absolute atomic E-state index is 12.9. The second-order valence-corrected chi connectivity index (χ2v) is 3.31. The SMILES string of the molecule is Cc1cc(CCNCS)ccc1F. The molecule has 0 aliphatic carbocycles. The molecule has 0 bridgehead atoms. The number of nitrogens with one attached hydrogen (secondary N) is 1. The van der Waals surface area contributed by atoms with Gasteiger partial charge in [0.15, 0.2) is 0 Å². The lowest BCUT2D eigenvalue weighted by Gasteiger charge is -2.03. The summed E-state index contributed by atoms with van der Waals surface area (Å²) in [6, 6.07) is 5.23. The van der Waals surface area contributed by atoms with Crippen molar-refractivity contribution in [1.82, 2.24) is 5.32 Å². The third kappa shape index (κ3) is 3.36. The third-order valence-electron chi connectivity index (χ3n) is 1.92. The Balaban J connectivity index is 2.53. The highest BCUT2D eigenvalue weighted by Crippen LogP contribution is 2.09. The van der Waals surface area contributed by atoms with Crippen LogP contribution in [0.5, 0.6) is 0 Å². The van der Waals surface area contributed by atoms with Crippen LogP contribution in [0.2, 0.25) is 0 Å². The summed E-state index contributed by atoms with van der Waals surface area (Å²) in [5, 5.41) is 3.10. The van der Waals surface area contributed by atoms with E-state index in [2.05, 4.69) is 17.9 Å². The summed E-state index contributed by atoms with van der Waals surface area (Å²) in [4.78, 5) is 0. The molecular weight excluding hydrogens is 185 g/mol. The normalized spacial score (nSPS) is 10.4. The largest absolute Gasteiger partial charge is 0.308 e. The van der Waals surface area contributed by atoms with Crippen LogP contribution in [0.4, 0.5) is 4.39 Å². The van der Waals surface area contributed by atoms with Gasteiger partial charge in [-0.15, -0.1) is 0 Å². The molecule has 1 aromatic carbocycles. The standard InChI is InChI=1S/C10H14FNS/c1-8-6-9(2-3-10(8)11)4-5-12-7-13/h2-3,6,12-13H,4-5,7H2,1H3. The fourth-order valence-electron chi connectivity index (χ4n) is 1.17. The van der Waals surface area contributed by atoms with Crippen LogP contribution in [0.1, 0.15) is 11.1 Å². The van der Waals surface area contributed by atoms with Crippen LogP contribution >= 0.6 is 12.6 Å². The molecule has 0 spiro atoms. The predicted octanol–water partition coefficient (Wildman–Crippen LogP) is 2.15. The molecular formula is C10H14FNS. The molecule has 72 valence electrons. The van der Waals surface area contributed by atoms with Crippen LogP contribution in [0.3, 0.4) is 0 Å². The Morgan fingerprint density at radius 3 is 2.85 bits per heavy atom. The Morgan fingerprint density at radius 2 is 2.23 bits per heavy atom. The molecule has 0 saturated carbocycles. The second kappa shape index (κ2) is 5.25. The van der Waals surface area contributed by atoms with E-state index < -0.39 is 0 Å². The van der Waals surface area contributed by atoms with Crippen LogP contribution < -0.4 is 5.32 Å². The van der Waals surface area contributed by atoms with Crippen LogP contribution in [-0.4, -0.2) is 12.4 Å². The van der Waals surface area contributed by atoms with Gasteiger partial charge in [-0.2, -0.15) is 12.6 Å². The number of aryl methyl sites for hydroxylation is 1. The van der Waals surface area contributed by atoms with Crippen molar-refractivity contribution in [3.8, 4) is 0 Å². The van der Waals surface area contributed by atoms with Crippen LogP contribution in [0.15, 0.2) is 18.2 Å². The van der Waals surface area contributed by atoms with Gasteiger partial charge >= 0.3 is 0 Å². The van der Waals surface area contributed by atoms with Gasteiger partial charge in [-0.1, -0.05) is 12.1 Å². The van der Waals surface area contributed by atoms with Gasteiger partial charge in [-0.05, 0) is 37.1 Å². The minimum Gasteiger partial charge on any atom is -0.308 e. The Hall–Kier alpha value is -0.540. The molecule has 1 nitrogen and oxygen atoms in total. The van der Waals surface area contributed by atoms with Gasteiger partial charge in [-0.25, -0.2) is 4.39 Å². The molecule has 0 saturated heterocycles. The van der Waals surface area contributed by atoms with Crippen LogP contribution in [-0.2, 0) is 6.42 Å². The van der Waals surface area contributed by atoms with E-state index in [9.17, 15) is 4.39 Å². The van der Waals surface area contributed by atoms with Crippen LogP contribution in [0, 0.1) is 12.7 Å². The first-order valence-electron chi connectivity index (χ1n) is 4.30. The topological polar surface area (TPSA) is 12.0 Å². The van der Waals surface area contributed by atoms with Crippen molar-refractivity contribution in [2.45, 2.75) is 13.3 Å². The van der Waals surface area contributed by atoms with E-state index >= 15 is 0 Å². The summed E-state index contributed by atoms with van der Waals surface area (Å²) in [6.07, 6.45) is 0.918. The van der Waals surface area contributed by atoms with Gasteiger partial charge in [0, 0.05) is 5.88 Å². The smallest absolute Gasteiger partial charge is 0.126 e. The molecule has 0 atom stereocenters. The van der Waals surface area contributed by atoms with Gasteiger partial charge in [0.05, 0.1) is 0 Å². The molecule has 13 heavy (non-hydrogen) atoms. The van der Waals surface area contributed by atoms with E-state index in [1.807, 2.05) is 12.1 Å². The number of hydrogen-bond donors (Lipinski definition) is 2. The fraction of sp³-hybridized carbons (Fsp3) is 0.400. The van der Waals surface area contributed by atoms with E-state index in [1.54, 1.807) is 6.92 Å². The number of halogens is 1. The van der Waals surface area contributed by atoms with Gasteiger partial charge in [-0.3, -0.25) is 0 Å². The van der Waals surface area contributed by atoms with Gasteiger partial charge < -0.3 is 5.32 Å². The first kappa shape index (κ1) is 10.5. The van der Waals surface area contributed by atoms with Gasteiger partial charge in [0.25, 0.3) is 0 Å². The Morgan fingerprint density at radius 1 is 1.46 bits per heavy atom. The number of hydrogen-bond acceptors (Lipinski definition) is 2. The molecule has 1 rings (SSSR count). The molecule has 1 aromatic rings. The highest BCUT2D eigenvalue weighted by Gasteiger charge is 1.98. The molecule has 0 amide bonds. The molecule has 0 radical (unpaired) electrons. The second-order valence-electron chi connectivity index (χ2n) is 2.99. The van der Waals surface area contributed by atoms with Gasteiger partial charge in [0.2, 0.25) is 0 Å². The lowest BCUT2D eigenvalue weighted by Crippen LogP contribution is -2.14. The molecule has 0 aliphatic rings. The highest BCUT2D eigenvalue weighted by molar-refractivity contribution is 7.80. The molecule has 0 heterocycles. The maximum atomic E-state index is 12.9. The van der Waals surface area contributed by atoms with Crippen molar-refractivity contribution in [1.29, 1.82) is 0 Å². The summed E-state index contributed by atoms with van der Waals surface area (Å²) in [5.74, 6) is 0.547. The highest BCUT2D eigenvalue weighted by atomic mass is 32.1. The predicted molar refractivity (Wildman–Crippen MR) is 56.7 cm³/mol. The average molecular weight is 199 g/mol. The summed E-state index contributed by atoms with van der Waals surface area (Å²) >= 11 is 4.03. The lowest BCUT2D eigenvalue weighted by atomic mass is 10.1. The summed E-state index contributed by atoms with van der Waals surface area (Å²) in [5.41, 5.74) is 1.87. The van der Waals surface area contributed by atoms with E-state index in [4.69, 9.17) is 0 Å². The first-order valence-corrected chi connectivity index (χ1v) is 4.94. The van der Waals surface area contributed by atoms with Crippen molar-refractivity contribution in [2.24, 2.45) is 0 Å². The monoisotopic (exact) mass is 199 g/mol. The molecule has 0 fully saturated rings. The van der Waals surface area contributed by atoms with E-state index in [0.29, 0.717) is 11.4 Å². The minimum atomic E-state index is -0.133. The van der Waals surface area contributed by atoms with E-state index in [1.165, 1.54) is 6.07 Å². The molecule has 1 N–H and O–H groups in total. The summed E-state index contributed by atoms with van der Waals surface area (Å²) in [6.45, 7) is 2.67. The zero-order valence-corrected chi connectivity index (χ0v) is 8.57. The first-order chi connectivity index (χ1) is 6.24. The Bertz CT molecular complexity index is 276. The van der Waals surface area contributed by atoms with Gasteiger partial charge in [0.1, 0.15) is 5.82 Å². The Labute approximate surface area is 83.8 Å². The van der Waals surface area contributed by atoms with Crippen molar-refractivity contribution in [3.05, 3.63) is 35.1 Å². The molecule has 0 aliphatic heterocycles.